The lowest BCUT2D eigenvalue weighted by molar-refractivity contribution is 0.100. The Kier molecular flexibility index (Phi) is 4.01. The Morgan fingerprint density at radius 1 is 1.43 bits per heavy atom. The molecule has 0 fully saturated rings. The molecule has 0 aliphatic heterocycles. The van der Waals surface area contributed by atoms with E-state index in [4.69, 9.17) is 17.3 Å². The number of nitrogens with one attached hydrogen (secondary N) is 1. The molecule has 0 spiro atoms. The molecule has 1 amide bonds. The first kappa shape index (κ1) is 10.6. The van der Waals surface area contributed by atoms with Gasteiger partial charge < -0.3 is 11.1 Å². The molecule has 0 saturated carbocycles. The van der Waals surface area contributed by atoms with E-state index in [1.165, 1.54) is 5.54 Å². The molecule has 14 heavy (non-hydrogen) atoms. The second kappa shape index (κ2) is 5.29. The van der Waals surface area contributed by atoms with Crippen LogP contribution in [0.1, 0.15) is 10.4 Å². The molecular formula is C10H11ClN2O. The minimum atomic E-state index is -0.419. The molecule has 0 saturated heterocycles. The Morgan fingerprint density at radius 3 is 2.57 bits per heavy atom. The first-order valence-corrected chi connectivity index (χ1v) is 4.56. The number of hydrogen-bond donors (Lipinski definition) is 2. The molecule has 3 nitrogen and oxygen atoms in total. The summed E-state index contributed by atoms with van der Waals surface area (Å²) in [6.07, 6.45) is 1.78. The van der Waals surface area contributed by atoms with Crippen LogP contribution < -0.4 is 11.1 Å². The van der Waals surface area contributed by atoms with Gasteiger partial charge in [0.2, 0.25) is 5.91 Å². The topological polar surface area (TPSA) is 55.1 Å². The fourth-order valence-corrected chi connectivity index (χ4v) is 1.06. The highest BCUT2D eigenvalue weighted by Crippen LogP contribution is 2.08. The lowest BCUT2D eigenvalue weighted by Gasteiger charge is -2.03. The van der Waals surface area contributed by atoms with Crippen molar-refractivity contribution in [1.82, 2.24) is 0 Å². The Hall–Kier alpha value is -1.48. The van der Waals surface area contributed by atoms with Crippen molar-refractivity contribution in [3.8, 4) is 0 Å². The maximum atomic E-state index is 10.7. The average Bonchev–Trinajstić information content (AvgIpc) is 2.19. The molecule has 0 heterocycles. The van der Waals surface area contributed by atoms with Crippen LogP contribution in [0.3, 0.4) is 0 Å². The van der Waals surface area contributed by atoms with Crippen LogP contribution in [0.2, 0.25) is 0 Å². The fraction of sp³-hybridized carbons (Fsp3) is 0.100. The van der Waals surface area contributed by atoms with Crippen molar-refractivity contribution in [3.63, 3.8) is 0 Å². The van der Waals surface area contributed by atoms with E-state index in [9.17, 15) is 4.79 Å². The molecule has 1 aromatic carbocycles. The van der Waals surface area contributed by atoms with E-state index >= 15 is 0 Å². The summed E-state index contributed by atoms with van der Waals surface area (Å²) in [6.45, 7) is 0.652. The number of rotatable bonds is 4. The maximum absolute atomic E-state index is 10.7. The van der Waals surface area contributed by atoms with Crippen molar-refractivity contribution in [1.29, 1.82) is 0 Å². The summed E-state index contributed by atoms with van der Waals surface area (Å²) in [6, 6.07) is 6.94. The number of carbonyl (C=O) groups is 1. The number of benzene rings is 1. The summed E-state index contributed by atoms with van der Waals surface area (Å²) < 4.78 is 0. The SMILES string of the molecule is NC(=O)c1ccc(NC/C=C/Cl)cc1. The Bertz CT molecular complexity index is 332. The normalized spacial score (nSPS) is 10.4. The number of anilines is 1. The molecule has 3 N–H and O–H groups in total. The predicted molar refractivity (Wildman–Crippen MR) is 58.4 cm³/mol. The van der Waals surface area contributed by atoms with Crippen molar-refractivity contribution in [2.24, 2.45) is 5.73 Å². The van der Waals surface area contributed by atoms with Gasteiger partial charge in [-0.25, -0.2) is 0 Å². The summed E-state index contributed by atoms with van der Waals surface area (Å²) in [7, 11) is 0. The molecule has 4 heteroatoms. The van der Waals surface area contributed by atoms with Crippen molar-refractivity contribution < 1.29 is 4.79 Å². The third-order valence-electron chi connectivity index (χ3n) is 1.68. The molecule has 0 radical (unpaired) electrons. The maximum Gasteiger partial charge on any atom is 0.248 e. The summed E-state index contributed by atoms with van der Waals surface area (Å²) in [4.78, 5) is 10.7. The number of halogens is 1. The van der Waals surface area contributed by atoms with Crippen LogP contribution in [0, 0.1) is 0 Å². The van der Waals surface area contributed by atoms with Crippen molar-refractivity contribution in [3.05, 3.63) is 41.4 Å². The third-order valence-corrected chi connectivity index (χ3v) is 1.86. The van der Waals surface area contributed by atoms with Gasteiger partial charge in [0.15, 0.2) is 0 Å². The summed E-state index contributed by atoms with van der Waals surface area (Å²) in [5, 5.41) is 3.09. The molecule has 0 bridgehead atoms. The van der Waals surface area contributed by atoms with Crippen LogP contribution in [0.5, 0.6) is 0 Å². The van der Waals surface area contributed by atoms with E-state index in [1.54, 1.807) is 30.3 Å². The molecule has 0 aliphatic rings. The van der Waals surface area contributed by atoms with Gasteiger partial charge in [0.1, 0.15) is 0 Å². The molecule has 74 valence electrons. The Labute approximate surface area is 87.6 Å². The van der Waals surface area contributed by atoms with Gasteiger partial charge in [0.25, 0.3) is 0 Å². The second-order valence-electron chi connectivity index (χ2n) is 2.68. The minimum Gasteiger partial charge on any atom is -0.382 e. The molecule has 0 atom stereocenters. The monoisotopic (exact) mass is 210 g/mol. The number of hydrogen-bond acceptors (Lipinski definition) is 2. The average molecular weight is 211 g/mol. The number of primary amides is 1. The molecular weight excluding hydrogens is 200 g/mol. The van der Waals surface area contributed by atoms with Gasteiger partial charge in [-0.1, -0.05) is 17.7 Å². The van der Waals surface area contributed by atoms with Crippen LogP contribution in [-0.4, -0.2) is 12.5 Å². The number of amides is 1. The smallest absolute Gasteiger partial charge is 0.248 e. The van der Waals surface area contributed by atoms with E-state index < -0.39 is 5.91 Å². The zero-order chi connectivity index (χ0) is 10.4. The van der Waals surface area contributed by atoms with Crippen LogP contribution in [0.4, 0.5) is 5.69 Å². The quantitative estimate of drug-likeness (QED) is 0.798. The van der Waals surface area contributed by atoms with E-state index in [0.717, 1.165) is 5.69 Å². The zero-order valence-corrected chi connectivity index (χ0v) is 8.29. The zero-order valence-electron chi connectivity index (χ0n) is 7.53. The van der Waals surface area contributed by atoms with E-state index in [1.807, 2.05) is 0 Å². The van der Waals surface area contributed by atoms with E-state index in [0.29, 0.717) is 12.1 Å². The van der Waals surface area contributed by atoms with E-state index in [-0.39, 0.29) is 0 Å². The van der Waals surface area contributed by atoms with Gasteiger partial charge in [0, 0.05) is 23.3 Å². The third kappa shape index (κ3) is 3.11. The Morgan fingerprint density at radius 2 is 2.07 bits per heavy atom. The van der Waals surface area contributed by atoms with Gasteiger partial charge in [0.05, 0.1) is 0 Å². The highest BCUT2D eigenvalue weighted by atomic mass is 35.5. The van der Waals surface area contributed by atoms with Gasteiger partial charge in [-0.3, -0.25) is 4.79 Å². The Balaban J connectivity index is 2.59. The molecule has 0 unspecified atom stereocenters. The van der Waals surface area contributed by atoms with Gasteiger partial charge in [-0.2, -0.15) is 0 Å². The predicted octanol–water partition coefficient (Wildman–Crippen LogP) is 1.95. The summed E-state index contributed by atoms with van der Waals surface area (Å²) in [5.41, 5.74) is 7.97. The van der Waals surface area contributed by atoms with E-state index in [2.05, 4.69) is 5.32 Å². The molecule has 1 aromatic rings. The van der Waals surface area contributed by atoms with Crippen molar-refractivity contribution in [2.75, 3.05) is 11.9 Å². The molecule has 0 aliphatic carbocycles. The first-order valence-electron chi connectivity index (χ1n) is 4.13. The van der Waals surface area contributed by atoms with Crippen LogP contribution in [-0.2, 0) is 0 Å². The van der Waals surface area contributed by atoms with Crippen LogP contribution >= 0.6 is 11.6 Å². The summed E-state index contributed by atoms with van der Waals surface area (Å²) >= 11 is 5.35. The minimum absolute atomic E-state index is 0.419. The number of nitrogens with two attached hydrogens (primary N) is 1. The fourth-order valence-electron chi connectivity index (χ4n) is 0.974. The van der Waals surface area contributed by atoms with Crippen molar-refractivity contribution in [2.45, 2.75) is 0 Å². The van der Waals surface area contributed by atoms with Gasteiger partial charge >= 0.3 is 0 Å². The van der Waals surface area contributed by atoms with Gasteiger partial charge in [-0.05, 0) is 24.3 Å². The standard InChI is InChI=1S/C10H11ClN2O/c11-6-1-7-13-9-4-2-8(3-5-9)10(12)14/h1-6,13H,7H2,(H2,12,14)/b6-1+. The van der Waals surface area contributed by atoms with Crippen LogP contribution in [0.25, 0.3) is 0 Å². The highest BCUT2D eigenvalue weighted by Gasteiger charge is 1.98. The van der Waals surface area contributed by atoms with Gasteiger partial charge in [-0.15, -0.1) is 0 Å². The lowest BCUT2D eigenvalue weighted by atomic mass is 10.2. The number of carbonyl (C=O) groups excluding carboxylic acids is 1. The lowest BCUT2D eigenvalue weighted by Crippen LogP contribution is -2.10. The summed E-state index contributed by atoms with van der Waals surface area (Å²) in [5.74, 6) is -0.419. The largest absolute Gasteiger partial charge is 0.382 e. The second-order valence-corrected chi connectivity index (χ2v) is 2.94. The molecule has 1 rings (SSSR count). The molecule has 0 aromatic heterocycles. The first-order chi connectivity index (χ1) is 6.74. The van der Waals surface area contributed by atoms with Crippen molar-refractivity contribution >= 4 is 23.2 Å². The van der Waals surface area contributed by atoms with Crippen LogP contribution in [0.15, 0.2) is 35.9 Å². The highest BCUT2D eigenvalue weighted by molar-refractivity contribution is 6.25.